The number of piperazine rings is 1. The molecular formula is C19H21ClN6O3. The van der Waals surface area contributed by atoms with Crippen LogP contribution >= 0.6 is 11.6 Å². The highest BCUT2D eigenvalue weighted by Crippen LogP contribution is 2.33. The Morgan fingerprint density at radius 1 is 1.31 bits per heavy atom. The number of carbonyl (C=O) groups is 1. The van der Waals surface area contributed by atoms with Crippen molar-refractivity contribution in [2.75, 3.05) is 44.3 Å². The van der Waals surface area contributed by atoms with Gasteiger partial charge in [0.05, 0.1) is 24.5 Å². The molecule has 152 valence electrons. The van der Waals surface area contributed by atoms with Gasteiger partial charge in [-0.3, -0.25) is 4.68 Å². The van der Waals surface area contributed by atoms with Crippen LogP contribution < -0.4 is 4.90 Å². The van der Waals surface area contributed by atoms with Crippen molar-refractivity contribution >= 4 is 34.4 Å². The number of rotatable bonds is 3. The minimum Gasteiger partial charge on any atom is -0.441 e. The molecular weight excluding hydrogens is 396 g/mol. The van der Waals surface area contributed by atoms with Crippen LogP contribution in [0.4, 0.5) is 10.5 Å². The van der Waals surface area contributed by atoms with Gasteiger partial charge in [-0.25, -0.2) is 9.78 Å². The quantitative estimate of drug-likeness (QED) is 0.704. The van der Waals surface area contributed by atoms with Gasteiger partial charge < -0.3 is 24.3 Å². The van der Waals surface area contributed by atoms with Crippen molar-refractivity contribution in [1.82, 2.24) is 24.6 Å². The Labute approximate surface area is 172 Å². The predicted molar refractivity (Wildman–Crippen MR) is 108 cm³/mol. The van der Waals surface area contributed by atoms with E-state index >= 15 is 0 Å². The van der Waals surface area contributed by atoms with Gasteiger partial charge in [-0.05, 0) is 12.1 Å². The maximum absolute atomic E-state index is 12.2. The van der Waals surface area contributed by atoms with E-state index in [1.165, 1.54) is 0 Å². The Kier molecular flexibility index (Phi) is 4.56. The van der Waals surface area contributed by atoms with Crippen molar-refractivity contribution in [1.29, 1.82) is 0 Å². The van der Waals surface area contributed by atoms with Crippen LogP contribution in [0.25, 0.3) is 22.3 Å². The second-order valence-corrected chi connectivity index (χ2v) is 7.66. The van der Waals surface area contributed by atoms with E-state index in [-0.39, 0.29) is 12.2 Å². The number of aryl methyl sites for hydroxylation is 1. The molecule has 5 rings (SSSR count). The number of hydrogen-bond acceptors (Lipinski definition) is 6. The molecule has 2 aliphatic heterocycles. The summed E-state index contributed by atoms with van der Waals surface area (Å²) in [5.74, 6) is 0. The molecule has 3 aromatic heterocycles. The van der Waals surface area contributed by atoms with Gasteiger partial charge in [0.25, 0.3) is 0 Å². The van der Waals surface area contributed by atoms with Crippen molar-refractivity contribution in [3.63, 3.8) is 0 Å². The third kappa shape index (κ3) is 3.40. The van der Waals surface area contributed by atoms with Gasteiger partial charge in [0.15, 0.2) is 11.3 Å². The highest BCUT2D eigenvalue weighted by Gasteiger charge is 2.28. The average Bonchev–Trinajstić information content (AvgIpc) is 3.26. The van der Waals surface area contributed by atoms with Gasteiger partial charge in [0, 0.05) is 56.7 Å². The number of anilines is 1. The van der Waals surface area contributed by atoms with Crippen LogP contribution in [0.5, 0.6) is 0 Å². The molecule has 0 atom stereocenters. The number of aromatic amines is 1. The number of hydrogen-bond donors (Lipinski definition) is 1. The minimum absolute atomic E-state index is 0.0991. The summed E-state index contributed by atoms with van der Waals surface area (Å²) in [4.78, 5) is 24.1. The lowest BCUT2D eigenvalue weighted by atomic mass is 10.2. The summed E-state index contributed by atoms with van der Waals surface area (Å²) < 4.78 is 12.2. The number of carbonyl (C=O) groups excluding carboxylic acids is 1. The molecule has 1 N–H and O–H groups in total. The highest BCUT2D eigenvalue weighted by atomic mass is 35.5. The van der Waals surface area contributed by atoms with Crippen LogP contribution in [0.3, 0.4) is 0 Å². The Balaban J connectivity index is 1.34. The number of H-pyrrole nitrogens is 1. The van der Waals surface area contributed by atoms with Crippen molar-refractivity contribution in [2.24, 2.45) is 7.05 Å². The maximum Gasteiger partial charge on any atom is 0.410 e. The second kappa shape index (κ2) is 7.23. The maximum atomic E-state index is 12.2. The first-order chi connectivity index (χ1) is 14.1. The zero-order valence-electron chi connectivity index (χ0n) is 16.0. The molecule has 0 unspecified atom stereocenters. The van der Waals surface area contributed by atoms with Crippen molar-refractivity contribution in [2.45, 2.75) is 6.10 Å². The van der Waals surface area contributed by atoms with Crippen LogP contribution in [-0.2, 0) is 16.5 Å². The van der Waals surface area contributed by atoms with E-state index in [2.05, 4.69) is 26.0 Å². The van der Waals surface area contributed by atoms with Crippen LogP contribution in [0, 0.1) is 0 Å². The molecule has 0 saturated carbocycles. The van der Waals surface area contributed by atoms with E-state index in [1.807, 2.05) is 19.3 Å². The highest BCUT2D eigenvalue weighted by molar-refractivity contribution is 6.32. The molecule has 2 saturated heterocycles. The summed E-state index contributed by atoms with van der Waals surface area (Å²) in [5, 5.41) is 5.67. The fourth-order valence-electron chi connectivity index (χ4n) is 3.70. The summed E-state index contributed by atoms with van der Waals surface area (Å²) in [7, 11) is 1.84. The molecule has 3 aromatic rings. The summed E-state index contributed by atoms with van der Waals surface area (Å²) in [6, 6.07) is 4.06. The third-order valence-corrected chi connectivity index (χ3v) is 5.62. The minimum atomic E-state index is -0.257. The molecule has 2 fully saturated rings. The monoisotopic (exact) mass is 416 g/mol. The number of halogens is 1. The lowest BCUT2D eigenvalue weighted by molar-refractivity contribution is -0.104. The standard InChI is InChI=1S/C19H21ClN6O3/c1-24-9-14(17(20)23-24)15-8-13-16(2-3-21-18(13)22-15)25-4-6-26(7-5-25)19(27)29-12-10-28-11-12/h2-3,8-9,12H,4-7,10-11H2,1H3,(H,21,22). The second-order valence-electron chi connectivity index (χ2n) is 7.30. The van der Waals surface area contributed by atoms with Crippen molar-refractivity contribution in [3.05, 3.63) is 29.7 Å². The van der Waals surface area contributed by atoms with Gasteiger partial charge in [-0.2, -0.15) is 5.10 Å². The number of nitrogens with one attached hydrogen (secondary N) is 1. The van der Waals surface area contributed by atoms with E-state index in [0.29, 0.717) is 31.5 Å². The van der Waals surface area contributed by atoms with Crippen LogP contribution in [0.1, 0.15) is 0 Å². The van der Waals surface area contributed by atoms with E-state index < -0.39 is 0 Å². The number of amides is 1. The SMILES string of the molecule is Cn1cc(-c2cc3c(N4CCN(C(=O)OC5COC5)CC4)ccnc3[nH]2)c(Cl)n1. The predicted octanol–water partition coefficient (Wildman–Crippen LogP) is 2.27. The lowest BCUT2D eigenvalue weighted by Gasteiger charge is -2.37. The molecule has 0 aromatic carbocycles. The van der Waals surface area contributed by atoms with Crippen molar-refractivity contribution in [3.8, 4) is 11.3 Å². The number of nitrogens with zero attached hydrogens (tertiary/aromatic N) is 5. The smallest absolute Gasteiger partial charge is 0.410 e. The number of pyridine rings is 1. The molecule has 1 amide bonds. The van der Waals surface area contributed by atoms with E-state index in [4.69, 9.17) is 21.1 Å². The third-order valence-electron chi connectivity index (χ3n) is 5.34. The molecule has 2 aliphatic rings. The summed E-state index contributed by atoms with van der Waals surface area (Å²) in [5.41, 5.74) is 3.59. The van der Waals surface area contributed by atoms with Gasteiger partial charge in [-0.15, -0.1) is 0 Å². The molecule has 10 heteroatoms. The summed E-state index contributed by atoms with van der Waals surface area (Å²) in [6.45, 7) is 3.67. The van der Waals surface area contributed by atoms with E-state index in [1.54, 1.807) is 15.8 Å². The average molecular weight is 417 g/mol. The van der Waals surface area contributed by atoms with Gasteiger partial charge in [-0.1, -0.05) is 11.6 Å². The molecule has 9 nitrogen and oxygen atoms in total. The molecule has 0 aliphatic carbocycles. The van der Waals surface area contributed by atoms with Gasteiger partial charge in [0.1, 0.15) is 5.65 Å². The molecule has 5 heterocycles. The fourth-order valence-corrected chi connectivity index (χ4v) is 3.97. The Morgan fingerprint density at radius 3 is 2.76 bits per heavy atom. The van der Waals surface area contributed by atoms with Gasteiger partial charge >= 0.3 is 6.09 Å². The Bertz CT molecular complexity index is 1050. The fraction of sp³-hybridized carbons (Fsp3) is 0.421. The first kappa shape index (κ1) is 18.3. The molecule has 0 bridgehead atoms. The summed E-state index contributed by atoms with van der Waals surface area (Å²) >= 11 is 6.25. The van der Waals surface area contributed by atoms with E-state index in [0.717, 1.165) is 41.1 Å². The molecule has 0 radical (unpaired) electrons. The molecule has 29 heavy (non-hydrogen) atoms. The molecule has 0 spiro atoms. The zero-order valence-corrected chi connectivity index (χ0v) is 16.7. The normalized spacial score (nSPS) is 17.6. The van der Waals surface area contributed by atoms with Gasteiger partial charge in [0.2, 0.25) is 0 Å². The largest absolute Gasteiger partial charge is 0.441 e. The first-order valence-electron chi connectivity index (χ1n) is 9.54. The first-order valence-corrected chi connectivity index (χ1v) is 9.92. The topological polar surface area (TPSA) is 88.5 Å². The summed E-state index contributed by atoms with van der Waals surface area (Å²) in [6.07, 6.45) is 3.32. The Hall–Kier alpha value is -2.78. The van der Waals surface area contributed by atoms with Crippen LogP contribution in [0.2, 0.25) is 5.15 Å². The number of fused-ring (bicyclic) bond motifs is 1. The van der Waals surface area contributed by atoms with Crippen LogP contribution in [-0.4, -0.2) is 76.2 Å². The number of ether oxygens (including phenoxy) is 2. The van der Waals surface area contributed by atoms with E-state index in [9.17, 15) is 4.79 Å². The van der Waals surface area contributed by atoms with Crippen LogP contribution in [0.15, 0.2) is 24.5 Å². The van der Waals surface area contributed by atoms with Crippen molar-refractivity contribution < 1.29 is 14.3 Å². The lowest BCUT2D eigenvalue weighted by Crippen LogP contribution is -2.51. The number of aromatic nitrogens is 4. The zero-order chi connectivity index (χ0) is 20.0. The Morgan fingerprint density at radius 2 is 2.10 bits per heavy atom.